The van der Waals surface area contributed by atoms with Crippen molar-refractivity contribution in [3.8, 4) is 0 Å². The average molecular weight is 240 g/mol. The normalized spacial score (nSPS) is 10.8. The highest BCUT2D eigenvalue weighted by molar-refractivity contribution is 7.98. The van der Waals surface area contributed by atoms with Crippen LogP contribution < -0.4 is 0 Å². The molecule has 84 valence electrons. The molecule has 0 amide bonds. The molecule has 17 heavy (non-hydrogen) atoms. The van der Waals surface area contributed by atoms with Crippen molar-refractivity contribution in [3.63, 3.8) is 0 Å². The lowest BCUT2D eigenvalue weighted by atomic mass is 10.2. The summed E-state index contributed by atoms with van der Waals surface area (Å²) in [6, 6.07) is 18.6. The van der Waals surface area contributed by atoms with Crippen molar-refractivity contribution in [1.82, 2.24) is 0 Å². The predicted molar refractivity (Wildman–Crippen MR) is 72.2 cm³/mol. The molecule has 0 aliphatic heterocycles. The Bertz CT molecular complexity index is 613. The van der Waals surface area contributed by atoms with E-state index in [9.17, 15) is 0 Å². The molecule has 0 aliphatic carbocycles. The van der Waals surface area contributed by atoms with Gasteiger partial charge >= 0.3 is 0 Å². The van der Waals surface area contributed by atoms with E-state index in [0.717, 1.165) is 11.3 Å². The first-order valence-electron chi connectivity index (χ1n) is 5.56. The third-order valence-electron chi connectivity index (χ3n) is 2.68. The van der Waals surface area contributed by atoms with Gasteiger partial charge in [-0.25, -0.2) is 0 Å². The minimum absolute atomic E-state index is 0.961. The molecule has 0 saturated heterocycles. The second kappa shape index (κ2) is 4.68. The van der Waals surface area contributed by atoms with Gasteiger partial charge in [0.2, 0.25) is 0 Å². The molecule has 0 fully saturated rings. The lowest BCUT2D eigenvalue weighted by molar-refractivity contribution is 0.608. The van der Waals surface area contributed by atoms with Crippen molar-refractivity contribution in [2.75, 3.05) is 0 Å². The fraction of sp³-hybridized carbons (Fsp3) is 0.0667. The van der Waals surface area contributed by atoms with E-state index in [1.165, 1.54) is 15.8 Å². The molecule has 0 spiro atoms. The summed E-state index contributed by atoms with van der Waals surface area (Å²) < 4.78 is 5.52. The molecule has 0 saturated carbocycles. The Morgan fingerprint density at radius 1 is 0.882 bits per heavy atom. The molecule has 0 unspecified atom stereocenters. The van der Waals surface area contributed by atoms with E-state index in [-0.39, 0.29) is 0 Å². The van der Waals surface area contributed by atoms with E-state index >= 15 is 0 Å². The first kappa shape index (κ1) is 10.5. The number of benzene rings is 2. The van der Waals surface area contributed by atoms with Crippen molar-refractivity contribution in [1.29, 1.82) is 0 Å². The van der Waals surface area contributed by atoms with Gasteiger partial charge in [-0.2, -0.15) is 0 Å². The zero-order chi connectivity index (χ0) is 11.5. The third kappa shape index (κ3) is 2.22. The van der Waals surface area contributed by atoms with Crippen molar-refractivity contribution in [2.45, 2.75) is 10.6 Å². The largest absolute Gasteiger partial charge is 0.463 e. The van der Waals surface area contributed by atoms with Crippen LogP contribution in [0.15, 0.2) is 70.2 Å². The second-order valence-electron chi connectivity index (χ2n) is 3.87. The molecule has 1 heterocycles. The van der Waals surface area contributed by atoms with Gasteiger partial charge in [0.05, 0.1) is 4.90 Å². The summed E-state index contributed by atoms with van der Waals surface area (Å²) in [6.07, 6.45) is 1.85. The SMILES string of the molecule is c1ccc(CSc2coc3ccccc23)cc1. The quantitative estimate of drug-likeness (QED) is 0.614. The molecular weight excluding hydrogens is 228 g/mol. The van der Waals surface area contributed by atoms with Crippen LogP contribution >= 0.6 is 11.8 Å². The van der Waals surface area contributed by atoms with Crippen molar-refractivity contribution >= 4 is 22.7 Å². The highest BCUT2D eigenvalue weighted by Crippen LogP contribution is 2.31. The van der Waals surface area contributed by atoms with E-state index in [0.29, 0.717) is 0 Å². The number of thioether (sulfide) groups is 1. The molecule has 0 bridgehead atoms. The van der Waals surface area contributed by atoms with Crippen molar-refractivity contribution in [3.05, 3.63) is 66.4 Å². The minimum Gasteiger partial charge on any atom is -0.463 e. The first-order chi connectivity index (χ1) is 8.43. The van der Waals surface area contributed by atoms with Crippen LogP contribution in [0.1, 0.15) is 5.56 Å². The third-order valence-corrected chi connectivity index (χ3v) is 3.79. The number of rotatable bonds is 3. The van der Waals surface area contributed by atoms with Gasteiger partial charge in [0.1, 0.15) is 11.8 Å². The summed E-state index contributed by atoms with van der Waals surface area (Å²) in [5, 5.41) is 1.20. The molecule has 1 nitrogen and oxygen atoms in total. The molecule has 2 aromatic carbocycles. The summed E-state index contributed by atoms with van der Waals surface area (Å²) in [4.78, 5) is 1.21. The van der Waals surface area contributed by atoms with Gasteiger partial charge in [0.15, 0.2) is 0 Å². The minimum atomic E-state index is 0.961. The Morgan fingerprint density at radius 3 is 2.53 bits per heavy atom. The first-order valence-corrected chi connectivity index (χ1v) is 6.55. The number of furan rings is 1. The van der Waals surface area contributed by atoms with Gasteiger partial charge in [-0.05, 0) is 17.7 Å². The van der Waals surface area contributed by atoms with Crippen LogP contribution in [-0.2, 0) is 5.75 Å². The maximum absolute atomic E-state index is 5.52. The van der Waals surface area contributed by atoms with E-state index in [2.05, 4.69) is 30.3 Å². The van der Waals surface area contributed by atoms with Gasteiger partial charge in [0.25, 0.3) is 0 Å². The number of para-hydroxylation sites is 1. The molecule has 0 radical (unpaired) electrons. The standard InChI is InChI=1S/C15H12OS/c1-2-6-12(7-3-1)11-17-15-10-16-14-9-5-4-8-13(14)15/h1-10H,11H2. The zero-order valence-electron chi connectivity index (χ0n) is 9.30. The maximum atomic E-state index is 5.52. The van der Waals surface area contributed by atoms with Crippen LogP contribution in [0.25, 0.3) is 11.0 Å². The maximum Gasteiger partial charge on any atom is 0.135 e. The summed E-state index contributed by atoms with van der Waals surface area (Å²) in [7, 11) is 0. The molecule has 0 atom stereocenters. The van der Waals surface area contributed by atoms with Crippen LogP contribution in [0.3, 0.4) is 0 Å². The Labute approximate surface area is 104 Å². The Kier molecular flexibility index (Phi) is 2.88. The number of hydrogen-bond acceptors (Lipinski definition) is 2. The van der Waals surface area contributed by atoms with E-state index in [4.69, 9.17) is 4.42 Å². The molecule has 3 rings (SSSR count). The van der Waals surface area contributed by atoms with Crippen LogP contribution in [0.4, 0.5) is 0 Å². The van der Waals surface area contributed by atoms with E-state index in [1.54, 1.807) is 0 Å². The summed E-state index contributed by atoms with van der Waals surface area (Å²) in [5.41, 5.74) is 2.30. The Balaban J connectivity index is 1.82. The van der Waals surface area contributed by atoms with E-state index < -0.39 is 0 Å². The highest BCUT2D eigenvalue weighted by Gasteiger charge is 2.05. The van der Waals surface area contributed by atoms with Crippen molar-refractivity contribution < 1.29 is 4.42 Å². The highest BCUT2D eigenvalue weighted by atomic mass is 32.2. The summed E-state index contributed by atoms with van der Waals surface area (Å²) >= 11 is 1.82. The van der Waals surface area contributed by atoms with Gasteiger partial charge in [0, 0.05) is 11.1 Å². The Morgan fingerprint density at radius 2 is 1.65 bits per heavy atom. The number of fused-ring (bicyclic) bond motifs is 1. The van der Waals surface area contributed by atoms with Crippen LogP contribution in [-0.4, -0.2) is 0 Å². The number of hydrogen-bond donors (Lipinski definition) is 0. The second-order valence-corrected chi connectivity index (χ2v) is 4.89. The monoisotopic (exact) mass is 240 g/mol. The molecule has 0 aliphatic rings. The molecule has 1 aromatic heterocycles. The zero-order valence-corrected chi connectivity index (χ0v) is 10.1. The van der Waals surface area contributed by atoms with Gasteiger partial charge in [-0.15, -0.1) is 11.8 Å². The molecular formula is C15H12OS. The fourth-order valence-corrected chi connectivity index (χ4v) is 2.76. The topological polar surface area (TPSA) is 13.1 Å². The molecule has 2 heteroatoms. The summed E-state index contributed by atoms with van der Waals surface area (Å²) in [5.74, 6) is 0.977. The lowest BCUT2D eigenvalue weighted by Crippen LogP contribution is -1.77. The fourth-order valence-electron chi connectivity index (χ4n) is 1.80. The Hall–Kier alpha value is -1.67. The average Bonchev–Trinajstić information content (AvgIpc) is 2.81. The predicted octanol–water partition coefficient (Wildman–Crippen LogP) is 4.73. The molecule has 3 aromatic rings. The van der Waals surface area contributed by atoms with Gasteiger partial charge in [-0.3, -0.25) is 0 Å². The van der Waals surface area contributed by atoms with E-state index in [1.807, 2.05) is 42.3 Å². The van der Waals surface area contributed by atoms with Crippen molar-refractivity contribution in [2.24, 2.45) is 0 Å². The van der Waals surface area contributed by atoms with Crippen LogP contribution in [0.2, 0.25) is 0 Å². The van der Waals surface area contributed by atoms with Crippen LogP contribution in [0.5, 0.6) is 0 Å². The van der Waals surface area contributed by atoms with Gasteiger partial charge in [-0.1, -0.05) is 42.5 Å². The smallest absolute Gasteiger partial charge is 0.135 e. The summed E-state index contributed by atoms with van der Waals surface area (Å²) in [6.45, 7) is 0. The van der Waals surface area contributed by atoms with Gasteiger partial charge < -0.3 is 4.42 Å². The lowest BCUT2D eigenvalue weighted by Gasteiger charge is -1.99. The van der Waals surface area contributed by atoms with Crippen LogP contribution in [0, 0.1) is 0 Å². The molecule has 0 N–H and O–H groups in total.